The maximum absolute atomic E-state index is 12.1. The monoisotopic (exact) mass is 260 g/mol. The van der Waals surface area contributed by atoms with Crippen molar-refractivity contribution in [3.8, 4) is 0 Å². The normalized spacial score (nSPS) is 12.1. The lowest BCUT2D eigenvalue weighted by Gasteiger charge is -2.19. The Morgan fingerprint density at radius 1 is 1.17 bits per heavy atom. The third-order valence-corrected chi connectivity index (χ3v) is 2.75. The van der Waals surface area contributed by atoms with Gasteiger partial charge in [0.1, 0.15) is 0 Å². The molecule has 0 aliphatic rings. The van der Waals surface area contributed by atoms with Gasteiger partial charge in [0.05, 0.1) is 6.42 Å². The highest BCUT2D eigenvalue weighted by atomic mass is 19.4. The van der Waals surface area contributed by atoms with Gasteiger partial charge < -0.3 is 10.6 Å². The summed E-state index contributed by atoms with van der Waals surface area (Å²) in [5.74, 6) is 0. The molecule has 0 heterocycles. The lowest BCUT2D eigenvalue weighted by atomic mass is 10.0. The zero-order valence-corrected chi connectivity index (χ0v) is 10.5. The van der Waals surface area contributed by atoms with Crippen molar-refractivity contribution in [2.24, 2.45) is 5.73 Å². The third kappa shape index (κ3) is 5.51. The average Bonchev–Trinajstić information content (AvgIpc) is 2.29. The zero-order chi connectivity index (χ0) is 13.6. The van der Waals surface area contributed by atoms with Gasteiger partial charge in [0.15, 0.2) is 0 Å². The minimum atomic E-state index is -4.09. The first kappa shape index (κ1) is 15.0. The predicted octanol–water partition coefficient (Wildman–Crippen LogP) is 2.57. The molecule has 0 saturated carbocycles. The Hall–Kier alpha value is -1.07. The molecule has 2 N–H and O–H groups in total. The van der Waals surface area contributed by atoms with Crippen LogP contribution in [0.25, 0.3) is 0 Å². The van der Waals surface area contributed by atoms with Crippen LogP contribution in [0.5, 0.6) is 0 Å². The minimum Gasteiger partial charge on any atom is -0.330 e. The molecule has 1 aromatic rings. The fourth-order valence-electron chi connectivity index (χ4n) is 1.80. The number of hydrogen-bond donors (Lipinski definition) is 1. The molecule has 2 nitrogen and oxygen atoms in total. The maximum Gasteiger partial charge on any atom is 0.390 e. The highest BCUT2D eigenvalue weighted by Crippen LogP contribution is 2.20. The van der Waals surface area contributed by atoms with Crippen LogP contribution in [-0.4, -0.2) is 31.2 Å². The molecular formula is C13H19F3N2. The molecule has 0 bridgehead atoms. The first-order valence-corrected chi connectivity index (χ1v) is 5.94. The summed E-state index contributed by atoms with van der Waals surface area (Å²) < 4.78 is 36.3. The van der Waals surface area contributed by atoms with Gasteiger partial charge in [0, 0.05) is 13.1 Å². The molecule has 0 spiro atoms. The molecule has 102 valence electrons. The summed E-state index contributed by atoms with van der Waals surface area (Å²) in [6, 6.07) is 7.73. The van der Waals surface area contributed by atoms with Crippen LogP contribution in [0.3, 0.4) is 0 Å². The molecule has 0 fully saturated rings. The molecule has 0 atom stereocenters. The van der Waals surface area contributed by atoms with E-state index in [1.807, 2.05) is 24.3 Å². The lowest BCUT2D eigenvalue weighted by molar-refractivity contribution is -0.137. The van der Waals surface area contributed by atoms with E-state index in [1.54, 1.807) is 11.9 Å². The van der Waals surface area contributed by atoms with E-state index in [4.69, 9.17) is 5.73 Å². The van der Waals surface area contributed by atoms with Gasteiger partial charge in [-0.05, 0) is 31.1 Å². The largest absolute Gasteiger partial charge is 0.390 e. The summed E-state index contributed by atoms with van der Waals surface area (Å²) in [6.07, 6.45) is -4.11. The number of nitrogens with two attached hydrogens (primary N) is 1. The van der Waals surface area contributed by atoms with Crippen molar-refractivity contribution >= 4 is 0 Å². The van der Waals surface area contributed by atoms with Gasteiger partial charge in [-0.15, -0.1) is 0 Å². The van der Waals surface area contributed by atoms with Gasteiger partial charge in [-0.1, -0.05) is 24.3 Å². The Balaban J connectivity index is 2.55. The molecule has 0 aliphatic carbocycles. The number of nitrogens with zero attached hydrogens (tertiary/aromatic N) is 1. The van der Waals surface area contributed by atoms with Crippen molar-refractivity contribution in [3.05, 3.63) is 35.4 Å². The van der Waals surface area contributed by atoms with Crippen LogP contribution >= 0.6 is 0 Å². The van der Waals surface area contributed by atoms with Gasteiger partial charge in [0.25, 0.3) is 0 Å². The fourth-order valence-corrected chi connectivity index (χ4v) is 1.80. The third-order valence-electron chi connectivity index (χ3n) is 2.75. The number of alkyl halides is 3. The van der Waals surface area contributed by atoms with Crippen LogP contribution < -0.4 is 5.73 Å². The molecule has 0 unspecified atom stereocenters. The van der Waals surface area contributed by atoms with Crippen LogP contribution in [-0.2, 0) is 13.0 Å². The number of hydrogen-bond acceptors (Lipinski definition) is 2. The fraction of sp³-hybridized carbons (Fsp3) is 0.538. The van der Waals surface area contributed by atoms with Gasteiger partial charge in [0.2, 0.25) is 0 Å². The van der Waals surface area contributed by atoms with Crippen molar-refractivity contribution < 1.29 is 13.2 Å². The summed E-state index contributed by atoms with van der Waals surface area (Å²) >= 11 is 0. The SMILES string of the molecule is CN(CCC(F)(F)F)Cc1ccccc1CCN. The van der Waals surface area contributed by atoms with Crippen molar-refractivity contribution in [1.29, 1.82) is 0 Å². The second-order valence-electron chi connectivity index (χ2n) is 4.41. The molecule has 0 radical (unpaired) electrons. The van der Waals surface area contributed by atoms with Crippen molar-refractivity contribution in [2.75, 3.05) is 20.1 Å². The first-order chi connectivity index (χ1) is 8.42. The lowest BCUT2D eigenvalue weighted by Crippen LogP contribution is -2.24. The molecule has 0 aromatic heterocycles. The molecule has 1 aromatic carbocycles. The Morgan fingerprint density at radius 2 is 1.78 bits per heavy atom. The molecule has 18 heavy (non-hydrogen) atoms. The zero-order valence-electron chi connectivity index (χ0n) is 10.5. The Morgan fingerprint density at radius 3 is 2.33 bits per heavy atom. The summed E-state index contributed by atoms with van der Waals surface area (Å²) in [7, 11) is 1.70. The van der Waals surface area contributed by atoms with Crippen LogP contribution in [0.15, 0.2) is 24.3 Å². The summed E-state index contributed by atoms with van der Waals surface area (Å²) in [6.45, 7) is 1.08. The number of benzene rings is 1. The molecule has 0 aliphatic heterocycles. The summed E-state index contributed by atoms with van der Waals surface area (Å²) in [4.78, 5) is 1.68. The average molecular weight is 260 g/mol. The van der Waals surface area contributed by atoms with E-state index in [1.165, 1.54) is 0 Å². The van der Waals surface area contributed by atoms with E-state index >= 15 is 0 Å². The van der Waals surface area contributed by atoms with E-state index in [0.29, 0.717) is 13.1 Å². The summed E-state index contributed by atoms with van der Waals surface area (Å²) in [5.41, 5.74) is 7.67. The van der Waals surface area contributed by atoms with E-state index in [-0.39, 0.29) is 6.54 Å². The highest BCUT2D eigenvalue weighted by molar-refractivity contribution is 5.27. The molecule has 0 amide bonds. The van der Waals surface area contributed by atoms with Gasteiger partial charge in [-0.25, -0.2) is 0 Å². The molecule has 5 heteroatoms. The van der Waals surface area contributed by atoms with E-state index in [9.17, 15) is 13.2 Å². The second kappa shape index (κ2) is 6.75. The highest BCUT2D eigenvalue weighted by Gasteiger charge is 2.27. The molecular weight excluding hydrogens is 241 g/mol. The maximum atomic E-state index is 12.1. The van der Waals surface area contributed by atoms with Crippen LogP contribution in [0.4, 0.5) is 13.2 Å². The molecule has 1 rings (SSSR count). The van der Waals surface area contributed by atoms with Gasteiger partial charge >= 0.3 is 6.18 Å². The topological polar surface area (TPSA) is 29.3 Å². The second-order valence-corrected chi connectivity index (χ2v) is 4.41. The minimum absolute atomic E-state index is 0.0143. The van der Waals surface area contributed by atoms with Crippen molar-refractivity contribution in [1.82, 2.24) is 4.90 Å². The smallest absolute Gasteiger partial charge is 0.330 e. The van der Waals surface area contributed by atoms with Crippen molar-refractivity contribution in [2.45, 2.75) is 25.6 Å². The van der Waals surface area contributed by atoms with Gasteiger partial charge in [-0.2, -0.15) is 13.2 Å². The number of halogens is 3. The summed E-state index contributed by atoms with van der Waals surface area (Å²) in [5, 5.41) is 0. The first-order valence-electron chi connectivity index (χ1n) is 5.94. The number of rotatable bonds is 6. The van der Waals surface area contributed by atoms with Crippen LogP contribution in [0.1, 0.15) is 17.5 Å². The standard InChI is InChI=1S/C13H19F3N2/c1-18(9-7-13(14,15)16)10-12-5-3-2-4-11(12)6-8-17/h2-5H,6-10,17H2,1H3. The van der Waals surface area contributed by atoms with E-state index in [0.717, 1.165) is 17.5 Å². The quantitative estimate of drug-likeness (QED) is 0.851. The Labute approximate surface area is 106 Å². The van der Waals surface area contributed by atoms with Crippen LogP contribution in [0.2, 0.25) is 0 Å². The predicted molar refractivity (Wildman–Crippen MR) is 66.2 cm³/mol. The van der Waals surface area contributed by atoms with Crippen molar-refractivity contribution in [3.63, 3.8) is 0 Å². The van der Waals surface area contributed by atoms with E-state index in [2.05, 4.69) is 0 Å². The van der Waals surface area contributed by atoms with Crippen LogP contribution in [0, 0.1) is 0 Å². The Kier molecular flexibility index (Phi) is 5.62. The van der Waals surface area contributed by atoms with Gasteiger partial charge in [-0.3, -0.25) is 0 Å². The molecule has 0 saturated heterocycles. The Bertz CT molecular complexity index is 363. The van der Waals surface area contributed by atoms with E-state index < -0.39 is 12.6 Å².